The van der Waals surface area contributed by atoms with Gasteiger partial charge in [-0.05, 0) is 0 Å². The molecule has 0 unspecified atom stereocenters. The van der Waals surface area contributed by atoms with Crippen LogP contribution in [0, 0.1) is 0 Å². The van der Waals surface area contributed by atoms with Crippen molar-refractivity contribution in [1.82, 2.24) is 0 Å². The van der Waals surface area contributed by atoms with Gasteiger partial charge in [0.05, 0.1) is 16.1 Å². The fourth-order valence-electron chi connectivity index (χ4n) is 2.62. The van der Waals surface area contributed by atoms with Gasteiger partial charge in [-0.2, -0.15) is 0 Å². The van der Waals surface area contributed by atoms with Crippen LogP contribution in [0.5, 0.6) is 0 Å². The Balaban J connectivity index is 4.25. The van der Waals surface area contributed by atoms with Crippen molar-refractivity contribution in [3.63, 3.8) is 0 Å². The first-order chi connectivity index (χ1) is 5.41. The normalized spacial score (nSPS) is 14.8. The molecule has 0 amide bonds. The summed E-state index contributed by atoms with van der Waals surface area (Å²) < 4.78 is 0. The Labute approximate surface area is 87.9 Å². The van der Waals surface area contributed by atoms with E-state index in [4.69, 9.17) is 0 Å². The molecule has 0 aromatic heterocycles. The molecule has 0 nitrogen and oxygen atoms in total. The maximum absolute atomic E-state index is 2.57. The van der Waals surface area contributed by atoms with Crippen LogP contribution < -0.4 is 0 Å². The van der Waals surface area contributed by atoms with Gasteiger partial charge in [0.2, 0.25) is 0 Å². The molecule has 0 heterocycles. The minimum Gasteiger partial charge on any atom is -0.0663 e. The Bertz CT molecular complexity index is 145. The maximum Gasteiger partial charge on any atom is 0.0888 e. The van der Waals surface area contributed by atoms with E-state index in [1.807, 2.05) is 0 Å². The highest BCUT2D eigenvalue weighted by Gasteiger charge is 2.37. The summed E-state index contributed by atoms with van der Waals surface area (Å²) in [5.41, 5.74) is 0. The second kappa shape index (κ2) is 4.16. The van der Waals surface area contributed by atoms with Gasteiger partial charge in [0.25, 0.3) is 0 Å². The largest absolute Gasteiger partial charge is 0.0888 e. The molecule has 0 aliphatic carbocycles. The lowest BCUT2D eigenvalue weighted by Crippen LogP contribution is -2.34. The third-order valence-corrected chi connectivity index (χ3v) is 16.2. The summed E-state index contributed by atoms with van der Waals surface area (Å²) >= 11 is 0. The van der Waals surface area contributed by atoms with Crippen molar-refractivity contribution in [1.29, 1.82) is 0 Å². The second-order valence-electron chi connectivity index (χ2n) is 7.37. The van der Waals surface area contributed by atoms with Gasteiger partial charge in [0.15, 0.2) is 0 Å². The maximum atomic E-state index is 2.57. The van der Waals surface area contributed by atoms with E-state index in [-0.39, 0.29) is 0 Å². The highest BCUT2D eigenvalue weighted by atomic mass is 31.2. The lowest BCUT2D eigenvalue weighted by atomic mass is 11.7. The second-order valence-corrected chi connectivity index (χ2v) is 24.0. The van der Waals surface area contributed by atoms with E-state index in [0.29, 0.717) is 0 Å². The molecule has 0 rings (SSSR count). The Hall–Kier alpha value is 0.864. The first-order valence-corrected chi connectivity index (χ1v) is 15.7. The molecule has 0 saturated heterocycles. The lowest BCUT2D eigenvalue weighted by Gasteiger charge is -2.29. The third kappa shape index (κ3) is 9.17. The molecule has 0 spiro atoms. The molecule has 80 valence electrons. The number of hydrogen-bond acceptors (Lipinski definition) is 0. The van der Waals surface area contributed by atoms with Crippen LogP contribution in [-0.4, -0.2) is 41.0 Å². The van der Waals surface area contributed by atoms with Gasteiger partial charge >= 0.3 is 0 Å². The highest BCUT2D eigenvalue weighted by molar-refractivity contribution is 7.78. The highest BCUT2D eigenvalue weighted by Crippen LogP contribution is 2.54. The molecular formula is C10H28PSi2+. The van der Waals surface area contributed by atoms with Crippen LogP contribution in [0.15, 0.2) is 0 Å². The average Bonchev–Trinajstić information content (AvgIpc) is 1.43. The van der Waals surface area contributed by atoms with Crippen LogP contribution in [0.4, 0.5) is 0 Å². The van der Waals surface area contributed by atoms with Gasteiger partial charge in [-0.15, -0.1) is 0 Å². The SMILES string of the molecule is C[Si](C)(C)C[P+](C)(C)C[Si](C)(C)C. The Kier molecular flexibility index (Phi) is 4.44. The van der Waals surface area contributed by atoms with Gasteiger partial charge in [-0.25, -0.2) is 0 Å². The zero-order valence-corrected chi connectivity index (χ0v) is 13.8. The van der Waals surface area contributed by atoms with Gasteiger partial charge in [0.1, 0.15) is 0 Å². The van der Waals surface area contributed by atoms with Crippen LogP contribution in [0.25, 0.3) is 0 Å². The van der Waals surface area contributed by atoms with E-state index in [2.05, 4.69) is 52.6 Å². The van der Waals surface area contributed by atoms with Gasteiger partial charge in [0, 0.05) is 32.2 Å². The molecule has 13 heavy (non-hydrogen) atoms. The summed E-state index contributed by atoms with van der Waals surface area (Å²) in [6.45, 7) is 20.2. The van der Waals surface area contributed by atoms with Crippen LogP contribution >= 0.6 is 7.26 Å². The lowest BCUT2D eigenvalue weighted by molar-refractivity contribution is 1.57. The van der Waals surface area contributed by atoms with Crippen molar-refractivity contribution >= 4 is 23.4 Å². The Morgan fingerprint density at radius 3 is 1.08 bits per heavy atom. The fraction of sp³-hybridized carbons (Fsp3) is 1.00. The molecular weight excluding hydrogens is 207 g/mol. The molecule has 0 N–H and O–H groups in total. The van der Waals surface area contributed by atoms with Crippen LogP contribution in [-0.2, 0) is 0 Å². The van der Waals surface area contributed by atoms with E-state index in [0.717, 1.165) is 0 Å². The van der Waals surface area contributed by atoms with Crippen molar-refractivity contribution in [3.05, 3.63) is 0 Å². The molecule has 0 aromatic rings. The molecule has 3 heteroatoms. The monoisotopic (exact) mass is 235 g/mol. The Morgan fingerprint density at radius 1 is 0.692 bits per heavy atom. The molecule has 0 bridgehead atoms. The molecule has 0 aromatic carbocycles. The Morgan fingerprint density at radius 2 is 0.923 bits per heavy atom. The van der Waals surface area contributed by atoms with Crippen molar-refractivity contribution in [3.8, 4) is 0 Å². The van der Waals surface area contributed by atoms with E-state index >= 15 is 0 Å². The third-order valence-electron chi connectivity index (χ3n) is 1.80. The van der Waals surface area contributed by atoms with Gasteiger partial charge in [-0.1, -0.05) is 39.3 Å². The van der Waals surface area contributed by atoms with E-state index in [9.17, 15) is 0 Å². The summed E-state index contributed by atoms with van der Waals surface area (Å²) in [5, 5.41) is 0. The number of rotatable bonds is 4. The van der Waals surface area contributed by atoms with Crippen molar-refractivity contribution in [2.45, 2.75) is 39.3 Å². The topological polar surface area (TPSA) is 0 Å². The molecule has 0 aliphatic rings. The van der Waals surface area contributed by atoms with E-state index in [1.54, 1.807) is 11.6 Å². The minimum absolute atomic E-state index is 0.562. The van der Waals surface area contributed by atoms with Crippen LogP contribution in [0.2, 0.25) is 39.3 Å². The van der Waals surface area contributed by atoms with Crippen molar-refractivity contribution < 1.29 is 0 Å². The van der Waals surface area contributed by atoms with E-state index < -0.39 is 23.4 Å². The summed E-state index contributed by atoms with van der Waals surface area (Å²) in [4.78, 5) is 0. The quantitative estimate of drug-likeness (QED) is 0.510. The van der Waals surface area contributed by atoms with Crippen molar-refractivity contribution in [2.75, 3.05) is 24.9 Å². The zero-order valence-electron chi connectivity index (χ0n) is 10.9. The molecule has 0 atom stereocenters. The predicted octanol–water partition coefficient (Wildman–Crippen LogP) is 4.02. The summed E-state index contributed by atoms with van der Waals surface area (Å²) in [6, 6.07) is 0. The first-order valence-electron chi connectivity index (χ1n) is 5.23. The standard InChI is InChI=1S/C10H28PSi2/c1-11(2,9-12(3,4)5)10-13(6,7)8/h9-10H2,1-8H3/q+1. The van der Waals surface area contributed by atoms with Gasteiger partial charge < -0.3 is 0 Å². The first kappa shape index (κ1) is 13.9. The summed E-state index contributed by atoms with van der Waals surface area (Å²) in [5.74, 6) is 3.18. The summed E-state index contributed by atoms with van der Waals surface area (Å²) in [6.07, 6.45) is 0. The molecule has 0 saturated carbocycles. The van der Waals surface area contributed by atoms with Crippen molar-refractivity contribution in [2.24, 2.45) is 0 Å². The predicted molar refractivity (Wildman–Crippen MR) is 75.2 cm³/mol. The minimum atomic E-state index is -0.821. The van der Waals surface area contributed by atoms with Crippen LogP contribution in [0.1, 0.15) is 0 Å². The average molecular weight is 235 g/mol. The molecule has 0 aliphatic heterocycles. The van der Waals surface area contributed by atoms with Gasteiger partial charge in [-0.3, -0.25) is 0 Å². The molecule has 0 fully saturated rings. The zero-order chi connectivity index (χ0) is 10.9. The smallest absolute Gasteiger partial charge is 0.0663 e. The molecule has 0 radical (unpaired) electrons. The summed E-state index contributed by atoms with van der Waals surface area (Å²) in [7, 11) is -2.20. The number of hydrogen-bond donors (Lipinski definition) is 0. The fourth-order valence-corrected chi connectivity index (χ4v) is 24.6. The van der Waals surface area contributed by atoms with Crippen LogP contribution in [0.3, 0.4) is 0 Å². The van der Waals surface area contributed by atoms with E-state index in [1.165, 1.54) is 0 Å².